The SMILES string of the molecule is O=C(N=Nc1c(O)[nH]c2ccc(Br)cc12)c1ccc(-c2ncc(-c3ccccc3)o2)cc1. The fourth-order valence-corrected chi connectivity index (χ4v) is 3.65. The van der Waals surface area contributed by atoms with Gasteiger partial charge in [-0.05, 0) is 42.5 Å². The van der Waals surface area contributed by atoms with E-state index in [1.165, 1.54) is 0 Å². The summed E-state index contributed by atoms with van der Waals surface area (Å²) < 4.78 is 6.67. The van der Waals surface area contributed by atoms with Gasteiger partial charge in [-0.1, -0.05) is 46.3 Å². The fraction of sp³-hybridized carbons (Fsp3) is 0. The van der Waals surface area contributed by atoms with Crippen molar-refractivity contribution in [2.45, 2.75) is 0 Å². The van der Waals surface area contributed by atoms with Gasteiger partial charge in [-0.2, -0.15) is 0 Å². The van der Waals surface area contributed by atoms with Crippen molar-refractivity contribution in [3.63, 3.8) is 0 Å². The van der Waals surface area contributed by atoms with Gasteiger partial charge < -0.3 is 14.5 Å². The Hall–Kier alpha value is -4.04. The molecule has 0 unspecified atom stereocenters. The number of carbonyl (C=O) groups excluding carboxylic acids is 1. The number of aromatic nitrogens is 2. The minimum Gasteiger partial charge on any atom is -0.493 e. The molecule has 2 aromatic heterocycles. The van der Waals surface area contributed by atoms with E-state index in [0.29, 0.717) is 28.1 Å². The summed E-state index contributed by atoms with van der Waals surface area (Å²) in [6.07, 6.45) is 1.67. The third-order valence-corrected chi connectivity index (χ3v) is 5.39. The van der Waals surface area contributed by atoms with Crippen molar-refractivity contribution in [1.82, 2.24) is 9.97 Å². The lowest BCUT2D eigenvalue weighted by molar-refractivity contribution is 0.0995. The normalized spacial score (nSPS) is 11.4. The van der Waals surface area contributed by atoms with Crippen molar-refractivity contribution in [1.29, 1.82) is 0 Å². The Kier molecular flexibility index (Phi) is 5.12. The molecule has 32 heavy (non-hydrogen) atoms. The van der Waals surface area contributed by atoms with E-state index < -0.39 is 5.91 Å². The van der Waals surface area contributed by atoms with Crippen LogP contribution < -0.4 is 0 Å². The molecule has 0 aliphatic rings. The van der Waals surface area contributed by atoms with Crippen LogP contribution in [0.4, 0.5) is 5.69 Å². The topological polar surface area (TPSA) is 104 Å². The number of amides is 1. The molecule has 156 valence electrons. The first-order chi connectivity index (χ1) is 15.6. The number of hydrogen-bond donors (Lipinski definition) is 2. The molecule has 2 heterocycles. The van der Waals surface area contributed by atoms with Crippen LogP contribution in [0.2, 0.25) is 0 Å². The number of aromatic amines is 1. The molecule has 0 fully saturated rings. The Labute approximate surface area is 190 Å². The van der Waals surface area contributed by atoms with Crippen molar-refractivity contribution in [3.8, 4) is 28.7 Å². The van der Waals surface area contributed by atoms with Crippen LogP contribution in [0.25, 0.3) is 33.7 Å². The van der Waals surface area contributed by atoms with Gasteiger partial charge in [0.05, 0.1) is 11.7 Å². The van der Waals surface area contributed by atoms with Crippen LogP contribution in [-0.2, 0) is 0 Å². The lowest BCUT2D eigenvalue weighted by Crippen LogP contribution is -1.93. The van der Waals surface area contributed by atoms with Crippen LogP contribution in [0.1, 0.15) is 10.4 Å². The summed E-state index contributed by atoms with van der Waals surface area (Å²) in [7, 11) is 0. The molecule has 5 aromatic rings. The number of benzene rings is 3. The number of nitrogens with zero attached hydrogens (tertiary/aromatic N) is 3. The highest BCUT2D eigenvalue weighted by Crippen LogP contribution is 2.37. The highest BCUT2D eigenvalue weighted by Gasteiger charge is 2.13. The lowest BCUT2D eigenvalue weighted by Gasteiger charge is -1.99. The standard InChI is InChI=1S/C24H15BrN4O3/c25-17-10-11-19-18(12-17)21(23(31)27-19)28-29-22(30)15-6-8-16(9-7-15)24-26-13-20(32-24)14-4-2-1-3-5-14/h1-13,27,31H. The largest absolute Gasteiger partial charge is 0.493 e. The number of oxazole rings is 1. The zero-order chi connectivity index (χ0) is 22.1. The van der Waals surface area contributed by atoms with Crippen LogP contribution in [0, 0.1) is 0 Å². The molecule has 3 aromatic carbocycles. The number of fused-ring (bicyclic) bond motifs is 1. The van der Waals surface area contributed by atoms with Gasteiger partial charge >= 0.3 is 0 Å². The van der Waals surface area contributed by atoms with Crippen molar-refractivity contribution in [2.24, 2.45) is 10.2 Å². The molecule has 0 radical (unpaired) electrons. The van der Waals surface area contributed by atoms with E-state index in [4.69, 9.17) is 4.42 Å². The zero-order valence-corrected chi connectivity index (χ0v) is 18.1. The summed E-state index contributed by atoms with van der Waals surface area (Å²) in [5, 5.41) is 18.5. The third kappa shape index (κ3) is 3.83. The van der Waals surface area contributed by atoms with Crippen molar-refractivity contribution >= 4 is 38.4 Å². The number of rotatable bonds is 4. The highest BCUT2D eigenvalue weighted by molar-refractivity contribution is 9.10. The van der Waals surface area contributed by atoms with Gasteiger partial charge in [0.1, 0.15) is 0 Å². The van der Waals surface area contributed by atoms with E-state index in [9.17, 15) is 9.90 Å². The average Bonchev–Trinajstić information content (AvgIpc) is 3.43. The monoisotopic (exact) mass is 486 g/mol. The average molecular weight is 487 g/mol. The molecular formula is C24H15BrN4O3. The van der Waals surface area contributed by atoms with Crippen LogP contribution in [0.5, 0.6) is 5.88 Å². The first-order valence-corrected chi connectivity index (χ1v) is 10.5. The molecule has 0 saturated carbocycles. The molecule has 7 nitrogen and oxygen atoms in total. The van der Waals surface area contributed by atoms with Crippen molar-refractivity contribution in [2.75, 3.05) is 0 Å². The first-order valence-electron chi connectivity index (χ1n) is 9.66. The van der Waals surface area contributed by atoms with Gasteiger partial charge in [-0.3, -0.25) is 4.79 Å². The second-order valence-corrected chi connectivity index (χ2v) is 7.91. The van der Waals surface area contributed by atoms with E-state index in [1.54, 1.807) is 42.6 Å². The third-order valence-electron chi connectivity index (χ3n) is 4.90. The quantitative estimate of drug-likeness (QED) is 0.270. The smallest absolute Gasteiger partial charge is 0.295 e. The summed E-state index contributed by atoms with van der Waals surface area (Å²) >= 11 is 3.39. The Bertz CT molecular complexity index is 1450. The highest BCUT2D eigenvalue weighted by atomic mass is 79.9. The molecule has 2 N–H and O–H groups in total. The molecule has 1 amide bonds. The van der Waals surface area contributed by atoms with E-state index in [-0.39, 0.29) is 11.6 Å². The number of carbonyl (C=O) groups is 1. The maximum absolute atomic E-state index is 12.5. The van der Waals surface area contributed by atoms with E-state index in [2.05, 4.69) is 36.1 Å². The summed E-state index contributed by atoms with van der Waals surface area (Å²) in [4.78, 5) is 19.6. The Morgan fingerprint density at radius 3 is 2.56 bits per heavy atom. The van der Waals surface area contributed by atoms with Gasteiger partial charge in [0.15, 0.2) is 11.4 Å². The maximum atomic E-state index is 12.5. The molecule has 0 spiro atoms. The van der Waals surface area contributed by atoms with Crippen LogP contribution in [0.15, 0.2) is 98.1 Å². The van der Waals surface area contributed by atoms with Gasteiger partial charge in [0.2, 0.25) is 11.8 Å². The molecule has 0 bridgehead atoms. The Morgan fingerprint density at radius 2 is 1.78 bits per heavy atom. The maximum Gasteiger partial charge on any atom is 0.295 e. The van der Waals surface area contributed by atoms with Gasteiger partial charge in [-0.25, -0.2) is 4.98 Å². The Morgan fingerprint density at radius 1 is 1.00 bits per heavy atom. The van der Waals surface area contributed by atoms with Crippen LogP contribution in [0.3, 0.4) is 0 Å². The van der Waals surface area contributed by atoms with Crippen LogP contribution >= 0.6 is 15.9 Å². The van der Waals surface area contributed by atoms with E-state index in [1.807, 2.05) is 36.4 Å². The molecule has 8 heteroatoms. The van der Waals surface area contributed by atoms with Crippen molar-refractivity contribution in [3.05, 3.63) is 89.0 Å². The molecule has 0 aliphatic heterocycles. The number of hydrogen-bond acceptors (Lipinski definition) is 5. The van der Waals surface area contributed by atoms with Gasteiger partial charge in [0.25, 0.3) is 5.91 Å². The molecular weight excluding hydrogens is 472 g/mol. The molecule has 0 atom stereocenters. The Balaban J connectivity index is 1.36. The molecule has 0 aliphatic carbocycles. The summed E-state index contributed by atoms with van der Waals surface area (Å²) in [5.74, 6) is 0.444. The summed E-state index contributed by atoms with van der Waals surface area (Å²) in [5.41, 5.74) is 2.93. The van der Waals surface area contributed by atoms with E-state index >= 15 is 0 Å². The zero-order valence-electron chi connectivity index (χ0n) is 16.5. The summed E-state index contributed by atoms with van der Waals surface area (Å²) in [6.45, 7) is 0. The van der Waals surface area contributed by atoms with Gasteiger partial charge in [-0.15, -0.1) is 10.2 Å². The minimum atomic E-state index is -0.530. The van der Waals surface area contributed by atoms with Crippen LogP contribution in [-0.4, -0.2) is 21.0 Å². The second-order valence-electron chi connectivity index (χ2n) is 6.99. The molecule has 0 saturated heterocycles. The second kappa shape index (κ2) is 8.24. The summed E-state index contributed by atoms with van der Waals surface area (Å²) in [6, 6.07) is 21.9. The number of halogens is 1. The minimum absolute atomic E-state index is 0.150. The molecule has 5 rings (SSSR count). The fourth-order valence-electron chi connectivity index (χ4n) is 3.29. The number of azo groups is 1. The predicted octanol–water partition coefficient (Wildman–Crippen LogP) is 6.88. The van der Waals surface area contributed by atoms with Crippen molar-refractivity contribution < 1.29 is 14.3 Å². The first kappa shape index (κ1) is 19.9. The number of H-pyrrole nitrogens is 1. The lowest BCUT2D eigenvalue weighted by atomic mass is 10.1. The van der Waals surface area contributed by atoms with E-state index in [0.717, 1.165) is 15.6 Å². The predicted molar refractivity (Wildman–Crippen MR) is 124 cm³/mol. The number of nitrogens with one attached hydrogen (secondary N) is 1. The number of aromatic hydroxyl groups is 1. The van der Waals surface area contributed by atoms with Gasteiger partial charge in [0, 0.05) is 26.5 Å².